The molecule has 4 aromatic rings. The SMILES string of the molecule is Cc1ccc(-n2ncc(-c3nc(-c4ccc(Cl)cc4)no3)c2C(F)(F)F)cc1. The maximum Gasteiger partial charge on any atom is 0.434 e. The molecule has 0 bridgehead atoms. The van der Waals surface area contributed by atoms with Gasteiger partial charge in [0, 0.05) is 10.6 Å². The largest absolute Gasteiger partial charge is 0.434 e. The Labute approximate surface area is 162 Å². The van der Waals surface area contributed by atoms with E-state index < -0.39 is 11.9 Å². The predicted molar refractivity (Wildman–Crippen MR) is 97.0 cm³/mol. The summed E-state index contributed by atoms with van der Waals surface area (Å²) in [6.07, 6.45) is -3.60. The molecule has 0 fully saturated rings. The Kier molecular flexibility index (Phi) is 4.43. The zero-order valence-corrected chi connectivity index (χ0v) is 15.2. The van der Waals surface area contributed by atoms with Gasteiger partial charge in [-0.3, -0.25) is 0 Å². The van der Waals surface area contributed by atoms with Crippen LogP contribution in [0.25, 0.3) is 28.5 Å². The molecule has 2 aromatic heterocycles. The predicted octanol–water partition coefficient (Wildman–Crippen LogP) is 5.57. The molecular weight excluding hydrogens is 393 g/mol. The maximum atomic E-state index is 13.8. The standard InChI is InChI=1S/C19H12ClF3N4O/c1-11-2-8-14(9-3-11)27-16(19(21,22)23)15(10-24-27)18-25-17(26-28-18)12-4-6-13(20)7-5-12/h2-10H,1H3. The quantitative estimate of drug-likeness (QED) is 0.448. The van der Waals surface area contributed by atoms with Crippen molar-refractivity contribution in [3.05, 3.63) is 71.0 Å². The summed E-state index contributed by atoms with van der Waals surface area (Å²) in [6, 6.07) is 13.1. The van der Waals surface area contributed by atoms with Gasteiger partial charge in [0.1, 0.15) is 0 Å². The van der Waals surface area contributed by atoms with Crippen LogP contribution < -0.4 is 0 Å². The highest BCUT2D eigenvalue weighted by Crippen LogP contribution is 2.38. The summed E-state index contributed by atoms with van der Waals surface area (Å²) in [5.41, 5.74) is 0.498. The lowest BCUT2D eigenvalue weighted by Crippen LogP contribution is -2.14. The van der Waals surface area contributed by atoms with Crippen molar-refractivity contribution >= 4 is 11.6 Å². The van der Waals surface area contributed by atoms with Gasteiger partial charge in [-0.05, 0) is 43.3 Å². The first-order valence-corrected chi connectivity index (χ1v) is 8.53. The molecule has 0 N–H and O–H groups in total. The average Bonchev–Trinajstić information content (AvgIpc) is 3.29. The molecule has 2 heterocycles. The van der Waals surface area contributed by atoms with E-state index in [-0.39, 0.29) is 23.0 Å². The summed E-state index contributed by atoms with van der Waals surface area (Å²) in [4.78, 5) is 4.10. The van der Waals surface area contributed by atoms with Crippen molar-refractivity contribution in [1.82, 2.24) is 19.9 Å². The molecule has 0 aliphatic heterocycles. The van der Waals surface area contributed by atoms with Crippen LogP contribution >= 0.6 is 11.6 Å². The summed E-state index contributed by atoms with van der Waals surface area (Å²) >= 11 is 5.84. The number of halogens is 4. The van der Waals surface area contributed by atoms with E-state index in [2.05, 4.69) is 15.2 Å². The molecule has 0 aliphatic carbocycles. The Hall–Kier alpha value is -3.13. The smallest absolute Gasteiger partial charge is 0.333 e. The fraction of sp³-hybridized carbons (Fsp3) is 0.105. The molecular formula is C19H12ClF3N4O. The Morgan fingerprint density at radius 3 is 2.32 bits per heavy atom. The van der Waals surface area contributed by atoms with Crippen LogP contribution in [-0.4, -0.2) is 19.9 Å². The number of alkyl halides is 3. The molecule has 142 valence electrons. The average molecular weight is 405 g/mol. The minimum atomic E-state index is -4.67. The lowest BCUT2D eigenvalue weighted by Gasteiger charge is -2.11. The summed E-state index contributed by atoms with van der Waals surface area (Å²) in [7, 11) is 0. The highest BCUT2D eigenvalue weighted by atomic mass is 35.5. The minimum Gasteiger partial charge on any atom is -0.333 e. The Morgan fingerprint density at radius 2 is 1.68 bits per heavy atom. The molecule has 0 radical (unpaired) electrons. The topological polar surface area (TPSA) is 56.7 Å². The molecule has 0 saturated heterocycles. The second kappa shape index (κ2) is 6.79. The fourth-order valence-electron chi connectivity index (χ4n) is 2.71. The number of hydrogen-bond acceptors (Lipinski definition) is 4. The van der Waals surface area contributed by atoms with E-state index in [0.717, 1.165) is 16.4 Å². The normalized spacial score (nSPS) is 11.8. The molecule has 0 atom stereocenters. The van der Waals surface area contributed by atoms with Gasteiger partial charge in [-0.25, -0.2) is 4.68 Å². The van der Waals surface area contributed by atoms with E-state index in [4.69, 9.17) is 16.1 Å². The van der Waals surface area contributed by atoms with Crippen molar-refractivity contribution in [2.75, 3.05) is 0 Å². The monoisotopic (exact) mass is 404 g/mol. The van der Waals surface area contributed by atoms with Crippen molar-refractivity contribution in [2.45, 2.75) is 13.1 Å². The van der Waals surface area contributed by atoms with Gasteiger partial charge in [0.2, 0.25) is 5.82 Å². The highest BCUT2D eigenvalue weighted by Gasteiger charge is 2.40. The first kappa shape index (κ1) is 18.2. The van der Waals surface area contributed by atoms with Crippen LogP contribution in [0.1, 0.15) is 11.3 Å². The van der Waals surface area contributed by atoms with E-state index in [1.54, 1.807) is 48.5 Å². The second-order valence-corrected chi connectivity index (χ2v) is 6.52. The molecule has 0 amide bonds. The summed E-state index contributed by atoms with van der Waals surface area (Å²) in [5.74, 6) is -0.112. The minimum absolute atomic E-state index is 0.155. The number of rotatable bonds is 3. The van der Waals surface area contributed by atoms with Crippen LogP contribution in [0.4, 0.5) is 13.2 Å². The second-order valence-electron chi connectivity index (χ2n) is 6.08. The van der Waals surface area contributed by atoms with Crippen molar-refractivity contribution in [3.63, 3.8) is 0 Å². The number of aromatic nitrogens is 4. The summed E-state index contributed by atoms with van der Waals surface area (Å²) in [6.45, 7) is 1.85. The van der Waals surface area contributed by atoms with Gasteiger partial charge in [0.05, 0.1) is 17.4 Å². The van der Waals surface area contributed by atoms with Gasteiger partial charge >= 0.3 is 6.18 Å². The van der Waals surface area contributed by atoms with E-state index in [9.17, 15) is 13.2 Å². The van der Waals surface area contributed by atoms with Crippen LogP contribution in [0.3, 0.4) is 0 Å². The first-order valence-electron chi connectivity index (χ1n) is 8.15. The summed E-state index contributed by atoms with van der Waals surface area (Å²) in [5, 5.41) is 8.20. The van der Waals surface area contributed by atoms with Crippen LogP contribution in [0.15, 0.2) is 59.3 Å². The van der Waals surface area contributed by atoms with E-state index >= 15 is 0 Å². The van der Waals surface area contributed by atoms with E-state index in [1.165, 1.54) is 0 Å². The van der Waals surface area contributed by atoms with Crippen LogP contribution in [0, 0.1) is 6.92 Å². The Morgan fingerprint density at radius 1 is 1.00 bits per heavy atom. The fourth-order valence-corrected chi connectivity index (χ4v) is 2.83. The van der Waals surface area contributed by atoms with E-state index in [1.807, 2.05) is 6.92 Å². The third-order valence-electron chi connectivity index (χ3n) is 4.08. The molecule has 4 rings (SSSR count). The molecule has 9 heteroatoms. The number of nitrogens with zero attached hydrogens (tertiary/aromatic N) is 4. The van der Waals surface area contributed by atoms with Gasteiger partial charge in [-0.2, -0.15) is 23.3 Å². The molecule has 0 saturated carbocycles. The van der Waals surface area contributed by atoms with Gasteiger partial charge in [0.25, 0.3) is 5.89 Å². The third-order valence-corrected chi connectivity index (χ3v) is 4.33. The van der Waals surface area contributed by atoms with Crippen molar-refractivity contribution in [2.24, 2.45) is 0 Å². The van der Waals surface area contributed by atoms with Gasteiger partial charge in [-0.1, -0.05) is 34.5 Å². The number of aryl methyl sites for hydroxylation is 1. The van der Waals surface area contributed by atoms with Crippen LogP contribution in [0.2, 0.25) is 5.02 Å². The zero-order chi connectivity index (χ0) is 19.9. The van der Waals surface area contributed by atoms with Crippen molar-refractivity contribution in [1.29, 1.82) is 0 Å². The van der Waals surface area contributed by atoms with Crippen LogP contribution in [0.5, 0.6) is 0 Å². The molecule has 0 spiro atoms. The lowest BCUT2D eigenvalue weighted by molar-refractivity contribution is -0.142. The van der Waals surface area contributed by atoms with Crippen molar-refractivity contribution in [3.8, 4) is 28.5 Å². The molecule has 2 aromatic carbocycles. The molecule has 0 unspecified atom stereocenters. The molecule has 5 nitrogen and oxygen atoms in total. The van der Waals surface area contributed by atoms with Gasteiger partial charge in [-0.15, -0.1) is 0 Å². The maximum absolute atomic E-state index is 13.8. The lowest BCUT2D eigenvalue weighted by atomic mass is 10.2. The van der Waals surface area contributed by atoms with Crippen LogP contribution in [-0.2, 0) is 6.18 Å². The number of benzene rings is 2. The van der Waals surface area contributed by atoms with E-state index in [0.29, 0.717) is 10.6 Å². The van der Waals surface area contributed by atoms with Gasteiger partial charge in [0.15, 0.2) is 5.69 Å². The Balaban J connectivity index is 1.80. The number of hydrogen-bond donors (Lipinski definition) is 0. The Bertz CT molecular complexity index is 1120. The van der Waals surface area contributed by atoms with Crippen molar-refractivity contribution < 1.29 is 17.7 Å². The highest BCUT2D eigenvalue weighted by molar-refractivity contribution is 6.30. The third kappa shape index (κ3) is 3.38. The molecule has 28 heavy (non-hydrogen) atoms. The first-order chi connectivity index (χ1) is 13.3. The summed E-state index contributed by atoms with van der Waals surface area (Å²) < 4.78 is 47.3. The zero-order valence-electron chi connectivity index (χ0n) is 14.4. The molecule has 0 aliphatic rings. The van der Waals surface area contributed by atoms with Gasteiger partial charge < -0.3 is 4.52 Å².